The van der Waals surface area contributed by atoms with Gasteiger partial charge in [0.05, 0.1) is 22.2 Å². The van der Waals surface area contributed by atoms with E-state index in [4.69, 9.17) is 22.1 Å². The minimum Gasteiger partial charge on any atom is -0.496 e. The van der Waals surface area contributed by atoms with Crippen LogP contribution in [0.1, 0.15) is 51.4 Å². The van der Waals surface area contributed by atoms with Crippen LogP contribution in [-0.4, -0.2) is 64.0 Å². The summed E-state index contributed by atoms with van der Waals surface area (Å²) in [5, 5.41) is 9.15. The molecule has 13 heteroatoms. The topological polar surface area (TPSA) is 126 Å². The fraction of sp³-hybridized carbons (Fsp3) is 0.290. The molecule has 9 nitrogen and oxygen atoms in total. The van der Waals surface area contributed by atoms with Gasteiger partial charge in [-0.05, 0) is 73.2 Å². The highest BCUT2D eigenvalue weighted by Gasteiger charge is 2.35. The highest BCUT2D eigenvalue weighted by atomic mass is 35.5. The number of carboxylic acid groups (broad SMARTS) is 1. The van der Waals surface area contributed by atoms with Crippen molar-refractivity contribution < 1.29 is 33.0 Å². The van der Waals surface area contributed by atoms with Crippen LogP contribution in [0.3, 0.4) is 0 Å². The van der Waals surface area contributed by atoms with Gasteiger partial charge in [-0.25, -0.2) is 13.6 Å². The van der Waals surface area contributed by atoms with Crippen LogP contribution in [0.15, 0.2) is 48.7 Å². The first kappa shape index (κ1) is 31.1. The number of carbonyl (C=O) groups is 3. The Morgan fingerprint density at radius 1 is 1.05 bits per heavy atom. The Morgan fingerprint density at radius 3 is 2.34 bits per heavy atom. The number of halogens is 3. The number of carbonyl (C=O) groups excluding carboxylic acids is 2. The van der Waals surface area contributed by atoms with Gasteiger partial charge in [-0.1, -0.05) is 17.7 Å². The molecule has 0 unspecified atom stereocenters. The van der Waals surface area contributed by atoms with Crippen LogP contribution in [0.25, 0.3) is 21.2 Å². The minimum absolute atomic E-state index is 0.00537. The van der Waals surface area contributed by atoms with Crippen molar-refractivity contribution in [2.75, 3.05) is 14.2 Å². The highest BCUT2D eigenvalue weighted by molar-refractivity contribution is 7.21. The first-order chi connectivity index (χ1) is 21.0. The van der Waals surface area contributed by atoms with Crippen molar-refractivity contribution in [1.82, 2.24) is 14.8 Å². The van der Waals surface area contributed by atoms with Crippen LogP contribution in [0.5, 0.6) is 5.75 Å². The summed E-state index contributed by atoms with van der Waals surface area (Å²) in [6.45, 7) is 0.0588. The van der Waals surface area contributed by atoms with Crippen molar-refractivity contribution in [2.45, 2.75) is 44.3 Å². The third-order valence-corrected chi connectivity index (χ3v) is 9.74. The van der Waals surface area contributed by atoms with Gasteiger partial charge in [0, 0.05) is 37.4 Å². The van der Waals surface area contributed by atoms with Gasteiger partial charge in [0.2, 0.25) is 0 Å². The summed E-state index contributed by atoms with van der Waals surface area (Å²) in [5.74, 6) is -2.09. The van der Waals surface area contributed by atoms with E-state index < -0.39 is 29.5 Å². The maximum absolute atomic E-state index is 14.7. The second-order valence-corrected chi connectivity index (χ2v) is 12.0. The molecule has 0 bridgehead atoms. The van der Waals surface area contributed by atoms with E-state index >= 15 is 0 Å². The predicted molar refractivity (Wildman–Crippen MR) is 163 cm³/mol. The number of rotatable bonds is 8. The number of amides is 3. The van der Waals surface area contributed by atoms with E-state index in [1.165, 1.54) is 25.3 Å². The van der Waals surface area contributed by atoms with Crippen LogP contribution in [0, 0.1) is 11.6 Å². The molecule has 2 aromatic heterocycles. The van der Waals surface area contributed by atoms with Crippen LogP contribution in [0.4, 0.5) is 13.6 Å². The van der Waals surface area contributed by atoms with Crippen LogP contribution >= 0.6 is 22.9 Å². The summed E-state index contributed by atoms with van der Waals surface area (Å²) in [4.78, 5) is 44.4. The Kier molecular flexibility index (Phi) is 9.02. The lowest BCUT2D eigenvalue weighted by Crippen LogP contribution is -2.46. The van der Waals surface area contributed by atoms with Crippen molar-refractivity contribution in [3.05, 3.63) is 81.5 Å². The average molecular weight is 643 g/mol. The number of hydrogen-bond acceptors (Lipinski definition) is 6. The van der Waals surface area contributed by atoms with E-state index in [0.29, 0.717) is 48.1 Å². The van der Waals surface area contributed by atoms with E-state index in [-0.39, 0.29) is 44.3 Å². The molecule has 0 saturated heterocycles. The average Bonchev–Trinajstić information content (AvgIpc) is 3.39. The Morgan fingerprint density at radius 2 is 1.70 bits per heavy atom. The molecule has 3 N–H and O–H groups in total. The second-order valence-electron chi connectivity index (χ2n) is 10.6. The third-order valence-electron chi connectivity index (χ3n) is 8.06. The van der Waals surface area contributed by atoms with Crippen molar-refractivity contribution in [1.29, 1.82) is 0 Å². The van der Waals surface area contributed by atoms with Gasteiger partial charge in [0.15, 0.2) is 0 Å². The number of nitrogens with zero attached hydrogens (tertiary/aromatic N) is 3. The minimum atomic E-state index is -1.03. The van der Waals surface area contributed by atoms with E-state index in [1.807, 2.05) is 6.07 Å². The fourth-order valence-corrected chi connectivity index (χ4v) is 7.16. The smallest absolute Gasteiger partial charge is 0.407 e. The lowest BCUT2D eigenvalue weighted by molar-refractivity contribution is 0.0555. The molecule has 0 atom stereocenters. The zero-order valence-electron chi connectivity index (χ0n) is 23.9. The van der Waals surface area contributed by atoms with Gasteiger partial charge in [0.25, 0.3) is 11.8 Å². The Bertz CT molecular complexity index is 1760. The van der Waals surface area contributed by atoms with Crippen LogP contribution < -0.4 is 10.5 Å². The SMILES string of the molecule is COc1ccc(-c2ccnc(C(N)=O)c2)cc1CN(C(=O)c1sc2c(F)ccc(F)c2c1Cl)C1CCC(N(C)C(=O)O)CC1. The number of ether oxygens (including phenoxy) is 1. The molecule has 0 spiro atoms. The van der Waals surface area contributed by atoms with Crippen molar-refractivity contribution >= 4 is 50.9 Å². The van der Waals surface area contributed by atoms with Crippen LogP contribution in [0.2, 0.25) is 5.02 Å². The number of hydrogen-bond donors (Lipinski definition) is 2. The molecule has 5 rings (SSSR count). The predicted octanol–water partition coefficient (Wildman–Crippen LogP) is 6.57. The number of methoxy groups -OCH3 is 1. The summed E-state index contributed by atoms with van der Waals surface area (Å²) >= 11 is 7.33. The first-order valence-corrected chi connectivity index (χ1v) is 15.0. The van der Waals surface area contributed by atoms with Gasteiger partial charge >= 0.3 is 6.09 Å². The summed E-state index contributed by atoms with van der Waals surface area (Å²) in [7, 11) is 3.03. The molecule has 4 aromatic rings. The molecule has 1 saturated carbocycles. The third kappa shape index (κ3) is 6.04. The number of primary amides is 1. The van der Waals surface area contributed by atoms with E-state index in [0.717, 1.165) is 23.5 Å². The summed E-state index contributed by atoms with van der Waals surface area (Å²) in [6, 6.07) is 10.1. The van der Waals surface area contributed by atoms with E-state index in [2.05, 4.69) is 4.98 Å². The molecule has 2 heterocycles. The fourth-order valence-electron chi connectivity index (χ4n) is 5.66. The maximum atomic E-state index is 14.7. The van der Waals surface area contributed by atoms with Gasteiger partial charge < -0.3 is 25.4 Å². The molecule has 1 aliphatic rings. The molecule has 44 heavy (non-hydrogen) atoms. The Labute approximate surface area is 260 Å². The summed E-state index contributed by atoms with van der Waals surface area (Å²) < 4.78 is 34.9. The largest absolute Gasteiger partial charge is 0.496 e. The molecule has 3 amide bonds. The molecule has 1 fully saturated rings. The number of benzene rings is 2. The van der Waals surface area contributed by atoms with Crippen LogP contribution in [-0.2, 0) is 6.54 Å². The first-order valence-electron chi connectivity index (χ1n) is 13.8. The number of pyridine rings is 1. The normalized spacial score (nSPS) is 16.5. The van der Waals surface area contributed by atoms with Gasteiger partial charge in [-0.3, -0.25) is 14.6 Å². The van der Waals surface area contributed by atoms with Gasteiger partial charge in [0.1, 0.15) is 28.0 Å². The Hall–Kier alpha value is -4.29. The highest BCUT2D eigenvalue weighted by Crippen LogP contribution is 2.41. The van der Waals surface area contributed by atoms with Gasteiger partial charge in [-0.2, -0.15) is 0 Å². The lowest BCUT2D eigenvalue weighted by atomic mass is 9.89. The molecule has 0 aliphatic heterocycles. The summed E-state index contributed by atoms with van der Waals surface area (Å²) in [6.07, 6.45) is 2.47. The zero-order chi connectivity index (χ0) is 31.7. The maximum Gasteiger partial charge on any atom is 0.407 e. The quantitative estimate of drug-likeness (QED) is 0.224. The number of aromatic nitrogens is 1. The number of thiophene rings is 1. The molecule has 1 aliphatic carbocycles. The molecular weight excluding hydrogens is 614 g/mol. The number of nitrogens with two attached hydrogens (primary N) is 1. The monoisotopic (exact) mass is 642 g/mol. The van der Waals surface area contributed by atoms with Crippen molar-refractivity contribution in [3.8, 4) is 16.9 Å². The van der Waals surface area contributed by atoms with E-state index in [1.54, 1.807) is 29.2 Å². The van der Waals surface area contributed by atoms with Gasteiger partial charge in [-0.15, -0.1) is 11.3 Å². The molecule has 2 aromatic carbocycles. The van der Waals surface area contributed by atoms with Crippen molar-refractivity contribution in [2.24, 2.45) is 5.73 Å². The molecule has 0 radical (unpaired) electrons. The molecule has 230 valence electrons. The second kappa shape index (κ2) is 12.7. The lowest BCUT2D eigenvalue weighted by Gasteiger charge is -2.39. The summed E-state index contributed by atoms with van der Waals surface area (Å²) in [5.41, 5.74) is 7.54. The number of fused-ring (bicyclic) bond motifs is 1. The van der Waals surface area contributed by atoms with Crippen molar-refractivity contribution in [3.63, 3.8) is 0 Å². The zero-order valence-corrected chi connectivity index (χ0v) is 25.4. The molecular formula is C31H29ClF2N4O5S. The standard InChI is InChI=1S/C31H29ClF2N4O5S/c1-37(31(41)42)19-4-6-20(7-5-19)38(30(40)28-26(32)25-21(33)8-9-22(34)27(25)44-28)15-18-13-16(3-10-24(18)43-2)17-11-12-36-23(14-17)29(35)39/h3,8-14,19-20H,4-7,15H2,1-2H3,(H2,35,39)(H,41,42). The van der Waals surface area contributed by atoms with E-state index in [9.17, 15) is 28.3 Å². The Balaban J connectivity index is 1.55.